The average Bonchev–Trinajstić information content (AvgIpc) is 3.00. The summed E-state index contributed by atoms with van der Waals surface area (Å²) in [5.41, 5.74) is 1.56. The van der Waals surface area contributed by atoms with Crippen molar-refractivity contribution in [1.82, 2.24) is 14.5 Å². The van der Waals surface area contributed by atoms with Gasteiger partial charge >= 0.3 is 0 Å². The Bertz CT molecular complexity index is 983. The highest BCUT2D eigenvalue weighted by molar-refractivity contribution is 7.89. The minimum absolute atomic E-state index is 0.0774. The fraction of sp³-hybridized carbons (Fsp3) is 0.409. The first-order valence-electron chi connectivity index (χ1n) is 10.2. The van der Waals surface area contributed by atoms with E-state index in [0.717, 1.165) is 31.1 Å². The van der Waals surface area contributed by atoms with E-state index in [2.05, 4.69) is 9.62 Å². The van der Waals surface area contributed by atoms with Crippen molar-refractivity contribution in [3.63, 3.8) is 0 Å². The number of amides is 1. The zero-order chi connectivity index (χ0) is 22.3. The fourth-order valence-corrected chi connectivity index (χ4v) is 4.70. The monoisotopic (exact) mass is 465 g/mol. The Kier molecular flexibility index (Phi) is 8.45. The molecule has 1 saturated heterocycles. The van der Waals surface area contributed by atoms with Gasteiger partial charge in [0.25, 0.3) is 5.91 Å². The smallest absolute Gasteiger partial charge is 0.253 e. The number of ether oxygens (including phenoxy) is 1. The van der Waals surface area contributed by atoms with Crippen LogP contribution in [-0.4, -0.2) is 70.6 Å². The number of sulfonamides is 1. The van der Waals surface area contributed by atoms with E-state index in [1.54, 1.807) is 17.0 Å². The lowest BCUT2D eigenvalue weighted by atomic mass is 10.2. The Hall–Kier alpha value is -1.97. The van der Waals surface area contributed by atoms with Crippen LogP contribution < -0.4 is 4.72 Å². The highest BCUT2D eigenvalue weighted by atomic mass is 35.5. The molecule has 9 heteroatoms. The predicted molar refractivity (Wildman–Crippen MR) is 121 cm³/mol. The second kappa shape index (κ2) is 11.1. The van der Waals surface area contributed by atoms with Crippen molar-refractivity contribution >= 4 is 27.5 Å². The third-order valence-corrected chi connectivity index (χ3v) is 6.90. The Balaban J connectivity index is 1.63. The van der Waals surface area contributed by atoms with Crippen LogP contribution in [0.2, 0.25) is 5.02 Å². The van der Waals surface area contributed by atoms with Crippen LogP contribution in [0.3, 0.4) is 0 Å². The molecule has 0 aliphatic carbocycles. The van der Waals surface area contributed by atoms with Crippen molar-refractivity contribution in [3.8, 4) is 0 Å². The summed E-state index contributed by atoms with van der Waals surface area (Å²) in [6, 6.07) is 14.0. The number of carbonyl (C=O) groups excluding carboxylic acids is 1. The van der Waals surface area contributed by atoms with E-state index in [4.69, 9.17) is 16.3 Å². The second-order valence-electron chi connectivity index (χ2n) is 7.47. The molecule has 1 aliphatic heterocycles. The number of methoxy groups -OCH3 is 1. The summed E-state index contributed by atoms with van der Waals surface area (Å²) in [5, 5.41) is 0.717. The van der Waals surface area contributed by atoms with Gasteiger partial charge in [-0.05, 0) is 42.3 Å². The van der Waals surface area contributed by atoms with Crippen molar-refractivity contribution in [2.24, 2.45) is 0 Å². The van der Waals surface area contributed by atoms with Gasteiger partial charge in [0.2, 0.25) is 10.0 Å². The van der Waals surface area contributed by atoms with Gasteiger partial charge in [-0.1, -0.05) is 29.8 Å². The predicted octanol–water partition coefficient (Wildman–Crippen LogP) is 2.61. The molecule has 0 aromatic heterocycles. The normalized spacial score (nSPS) is 15.6. The van der Waals surface area contributed by atoms with E-state index in [-0.39, 0.29) is 24.0 Å². The molecule has 0 radical (unpaired) electrons. The number of hydrogen-bond donors (Lipinski definition) is 1. The zero-order valence-corrected chi connectivity index (χ0v) is 19.2. The molecular weight excluding hydrogens is 438 g/mol. The number of nitrogens with zero attached hydrogens (tertiary/aromatic N) is 2. The second-order valence-corrected chi connectivity index (χ2v) is 9.67. The summed E-state index contributed by atoms with van der Waals surface area (Å²) in [6.45, 7) is 4.13. The van der Waals surface area contributed by atoms with E-state index in [0.29, 0.717) is 18.7 Å². The molecule has 2 aromatic rings. The Morgan fingerprint density at radius 2 is 1.87 bits per heavy atom. The van der Waals surface area contributed by atoms with E-state index in [1.807, 2.05) is 24.3 Å². The standard InChI is InChI=1S/C22H28ClN3O4S/c1-30-15-10-24-31(28,29)21-5-2-4-19(16-21)22(27)26-12-3-11-25(13-14-26)17-18-6-8-20(23)9-7-18/h2,4-9,16,24H,3,10-15,17H2,1H3. The number of carbonyl (C=O) groups is 1. The van der Waals surface area contributed by atoms with Crippen molar-refractivity contribution in [3.05, 3.63) is 64.7 Å². The molecule has 3 rings (SSSR count). The molecule has 0 atom stereocenters. The number of rotatable bonds is 8. The molecule has 31 heavy (non-hydrogen) atoms. The van der Waals surface area contributed by atoms with Crippen LogP contribution in [0.1, 0.15) is 22.3 Å². The van der Waals surface area contributed by atoms with Gasteiger partial charge in [0.15, 0.2) is 0 Å². The van der Waals surface area contributed by atoms with Crippen LogP contribution in [0, 0.1) is 0 Å². The number of nitrogens with one attached hydrogen (secondary N) is 1. The summed E-state index contributed by atoms with van der Waals surface area (Å²) < 4.78 is 32.2. The van der Waals surface area contributed by atoms with Gasteiger partial charge in [0, 0.05) is 57.0 Å². The highest BCUT2D eigenvalue weighted by Gasteiger charge is 2.22. The first-order chi connectivity index (χ1) is 14.9. The maximum Gasteiger partial charge on any atom is 0.253 e. The molecule has 1 aliphatic rings. The number of benzene rings is 2. The molecule has 0 unspecified atom stereocenters. The molecule has 1 fully saturated rings. The average molecular weight is 466 g/mol. The SMILES string of the molecule is COCCNS(=O)(=O)c1cccc(C(=O)N2CCCN(Cc3ccc(Cl)cc3)CC2)c1. The summed E-state index contributed by atoms with van der Waals surface area (Å²) in [5.74, 6) is -0.151. The minimum atomic E-state index is -3.69. The Labute approximate surface area is 189 Å². The summed E-state index contributed by atoms with van der Waals surface area (Å²) in [6.07, 6.45) is 0.857. The molecule has 1 heterocycles. The fourth-order valence-electron chi connectivity index (χ4n) is 3.52. The van der Waals surface area contributed by atoms with Gasteiger partial charge in [-0.25, -0.2) is 13.1 Å². The van der Waals surface area contributed by atoms with Crippen LogP contribution in [-0.2, 0) is 21.3 Å². The summed E-state index contributed by atoms with van der Waals surface area (Å²) in [7, 11) is -2.19. The first-order valence-corrected chi connectivity index (χ1v) is 12.1. The van der Waals surface area contributed by atoms with Gasteiger partial charge in [-0.3, -0.25) is 9.69 Å². The van der Waals surface area contributed by atoms with Gasteiger partial charge in [-0.15, -0.1) is 0 Å². The van der Waals surface area contributed by atoms with Crippen LogP contribution in [0.5, 0.6) is 0 Å². The molecule has 168 valence electrons. The van der Waals surface area contributed by atoms with Crippen LogP contribution in [0.25, 0.3) is 0 Å². The van der Waals surface area contributed by atoms with Crippen LogP contribution in [0.15, 0.2) is 53.4 Å². The van der Waals surface area contributed by atoms with Crippen molar-refractivity contribution in [2.45, 2.75) is 17.9 Å². The third kappa shape index (κ3) is 6.75. The van der Waals surface area contributed by atoms with Gasteiger partial charge in [0.05, 0.1) is 11.5 Å². The highest BCUT2D eigenvalue weighted by Crippen LogP contribution is 2.16. The van der Waals surface area contributed by atoms with Crippen molar-refractivity contribution in [1.29, 1.82) is 0 Å². The molecule has 1 N–H and O–H groups in total. The van der Waals surface area contributed by atoms with E-state index in [1.165, 1.54) is 24.8 Å². The first kappa shape index (κ1) is 23.7. The van der Waals surface area contributed by atoms with Gasteiger partial charge in [0.1, 0.15) is 0 Å². The summed E-state index contributed by atoms with van der Waals surface area (Å²) in [4.78, 5) is 17.2. The zero-order valence-electron chi connectivity index (χ0n) is 17.6. The maximum atomic E-state index is 13.1. The topological polar surface area (TPSA) is 78.9 Å². The van der Waals surface area contributed by atoms with Crippen molar-refractivity contribution < 1.29 is 17.9 Å². The lowest BCUT2D eigenvalue weighted by Crippen LogP contribution is -2.35. The maximum absolute atomic E-state index is 13.1. The quantitative estimate of drug-likeness (QED) is 0.606. The third-order valence-electron chi connectivity index (χ3n) is 5.18. The molecule has 0 saturated carbocycles. The Morgan fingerprint density at radius 1 is 1.10 bits per heavy atom. The molecule has 1 amide bonds. The lowest BCUT2D eigenvalue weighted by Gasteiger charge is -2.22. The Morgan fingerprint density at radius 3 is 2.61 bits per heavy atom. The van der Waals surface area contributed by atoms with Gasteiger partial charge < -0.3 is 9.64 Å². The molecular formula is C22H28ClN3O4S. The van der Waals surface area contributed by atoms with E-state index < -0.39 is 10.0 Å². The summed E-state index contributed by atoms with van der Waals surface area (Å²) >= 11 is 5.96. The largest absolute Gasteiger partial charge is 0.383 e. The molecule has 7 nitrogen and oxygen atoms in total. The van der Waals surface area contributed by atoms with Gasteiger partial charge in [-0.2, -0.15) is 0 Å². The van der Waals surface area contributed by atoms with E-state index >= 15 is 0 Å². The minimum Gasteiger partial charge on any atom is -0.383 e. The number of hydrogen-bond acceptors (Lipinski definition) is 5. The molecule has 2 aromatic carbocycles. The number of halogens is 1. The lowest BCUT2D eigenvalue weighted by molar-refractivity contribution is 0.0761. The van der Waals surface area contributed by atoms with E-state index in [9.17, 15) is 13.2 Å². The van der Waals surface area contributed by atoms with Crippen LogP contribution in [0.4, 0.5) is 0 Å². The molecule has 0 spiro atoms. The van der Waals surface area contributed by atoms with Crippen molar-refractivity contribution in [2.75, 3.05) is 46.4 Å². The molecule has 0 bridgehead atoms. The van der Waals surface area contributed by atoms with Crippen LogP contribution >= 0.6 is 11.6 Å².